The van der Waals surface area contributed by atoms with Crippen LogP contribution in [0.3, 0.4) is 0 Å². The van der Waals surface area contributed by atoms with Gasteiger partial charge in [-0.3, -0.25) is 0 Å². The van der Waals surface area contributed by atoms with E-state index in [0.29, 0.717) is 24.8 Å². The summed E-state index contributed by atoms with van der Waals surface area (Å²) in [7, 11) is -2.11. The van der Waals surface area contributed by atoms with Gasteiger partial charge in [-0.25, -0.2) is 13.1 Å². The van der Waals surface area contributed by atoms with Gasteiger partial charge in [0.2, 0.25) is 10.0 Å². The maximum absolute atomic E-state index is 12.4. The number of ether oxygens (including phenoxy) is 1. The van der Waals surface area contributed by atoms with Gasteiger partial charge in [-0.1, -0.05) is 19.9 Å². The van der Waals surface area contributed by atoms with Crippen LogP contribution in [0.4, 0.5) is 0 Å². The lowest BCUT2D eigenvalue weighted by atomic mass is 10.1. The topological polar surface area (TPSA) is 81.4 Å². The van der Waals surface area contributed by atoms with Crippen LogP contribution >= 0.6 is 0 Å². The summed E-state index contributed by atoms with van der Waals surface area (Å²) in [5.74, 6) is 0.741. The van der Waals surface area contributed by atoms with Gasteiger partial charge in [0.15, 0.2) is 0 Å². The number of rotatable bonds is 6. The summed E-state index contributed by atoms with van der Waals surface area (Å²) in [5, 5.41) is 0. The van der Waals surface area contributed by atoms with Crippen molar-refractivity contribution in [2.75, 3.05) is 13.7 Å². The van der Waals surface area contributed by atoms with Crippen LogP contribution in [0.5, 0.6) is 5.75 Å². The molecular weight excluding hydrogens is 276 g/mol. The molecule has 1 aliphatic carbocycles. The van der Waals surface area contributed by atoms with Gasteiger partial charge in [-0.05, 0) is 35.4 Å². The number of methoxy groups -OCH3 is 1. The van der Waals surface area contributed by atoms with Crippen molar-refractivity contribution >= 4 is 10.0 Å². The lowest BCUT2D eigenvalue weighted by molar-refractivity contribution is 0.402. The predicted octanol–water partition coefficient (Wildman–Crippen LogP) is 1.48. The number of nitrogens with two attached hydrogens (primary N) is 1. The molecule has 6 heteroatoms. The number of hydrogen-bond acceptors (Lipinski definition) is 4. The summed E-state index contributed by atoms with van der Waals surface area (Å²) in [6.45, 7) is 5.04. The molecule has 1 aliphatic rings. The van der Waals surface area contributed by atoms with Crippen molar-refractivity contribution in [1.82, 2.24) is 4.72 Å². The van der Waals surface area contributed by atoms with Crippen LogP contribution in [-0.2, 0) is 16.6 Å². The highest BCUT2D eigenvalue weighted by molar-refractivity contribution is 7.89. The average Bonchev–Trinajstić information content (AvgIpc) is 3.03. The third kappa shape index (κ3) is 3.13. The molecule has 1 unspecified atom stereocenters. The molecule has 112 valence electrons. The summed E-state index contributed by atoms with van der Waals surface area (Å²) in [6, 6.07) is 4.97. The summed E-state index contributed by atoms with van der Waals surface area (Å²) in [6.07, 6.45) is 1.05. The molecule has 5 nitrogen and oxygen atoms in total. The Hall–Kier alpha value is -1.11. The third-order valence-electron chi connectivity index (χ3n) is 3.99. The third-order valence-corrected chi connectivity index (χ3v) is 5.44. The summed E-state index contributed by atoms with van der Waals surface area (Å²) < 4.78 is 32.6. The summed E-state index contributed by atoms with van der Waals surface area (Å²) in [4.78, 5) is 0.154. The smallest absolute Gasteiger partial charge is 0.244 e. The molecule has 1 aromatic rings. The van der Waals surface area contributed by atoms with Crippen molar-refractivity contribution in [3.63, 3.8) is 0 Å². The predicted molar refractivity (Wildman–Crippen MR) is 78.0 cm³/mol. The van der Waals surface area contributed by atoms with E-state index in [2.05, 4.69) is 18.6 Å². The first-order valence-corrected chi connectivity index (χ1v) is 8.15. The Bertz CT molecular complexity index is 596. The van der Waals surface area contributed by atoms with Crippen molar-refractivity contribution in [2.24, 2.45) is 17.1 Å². The Morgan fingerprint density at radius 3 is 2.60 bits per heavy atom. The number of benzene rings is 1. The normalized spacial score (nSPS) is 20.7. The minimum Gasteiger partial charge on any atom is -0.495 e. The molecule has 20 heavy (non-hydrogen) atoms. The standard InChI is InChI=1S/C14H22N2O3S/c1-14(2)7-11(14)9-16-20(17,18)13-6-10(8-15)4-5-12(13)19-3/h4-6,11,16H,7-9,15H2,1-3H3. The SMILES string of the molecule is COc1ccc(CN)cc1S(=O)(=O)NCC1CC1(C)C. The van der Waals surface area contributed by atoms with Gasteiger partial charge in [0, 0.05) is 13.1 Å². The van der Waals surface area contributed by atoms with Crippen molar-refractivity contribution in [3.8, 4) is 5.75 Å². The van der Waals surface area contributed by atoms with E-state index >= 15 is 0 Å². The lowest BCUT2D eigenvalue weighted by Crippen LogP contribution is -2.27. The molecule has 0 radical (unpaired) electrons. The highest BCUT2D eigenvalue weighted by Gasteiger charge is 2.45. The zero-order chi connectivity index (χ0) is 15.0. The molecule has 0 aliphatic heterocycles. The van der Waals surface area contributed by atoms with Crippen molar-refractivity contribution in [1.29, 1.82) is 0 Å². The van der Waals surface area contributed by atoms with E-state index in [1.165, 1.54) is 7.11 Å². The second-order valence-corrected chi connectivity index (χ2v) is 7.67. The first kappa shape index (κ1) is 15.3. The molecular formula is C14H22N2O3S. The molecule has 0 heterocycles. The van der Waals surface area contributed by atoms with E-state index < -0.39 is 10.0 Å². The van der Waals surface area contributed by atoms with E-state index in [0.717, 1.165) is 12.0 Å². The molecule has 0 saturated heterocycles. The zero-order valence-electron chi connectivity index (χ0n) is 12.1. The highest BCUT2D eigenvalue weighted by atomic mass is 32.2. The van der Waals surface area contributed by atoms with Crippen molar-refractivity contribution in [2.45, 2.75) is 31.7 Å². The van der Waals surface area contributed by atoms with Crippen LogP contribution in [0.1, 0.15) is 25.8 Å². The Balaban J connectivity index is 2.19. The van der Waals surface area contributed by atoms with Gasteiger partial charge in [0.05, 0.1) is 7.11 Å². The molecule has 0 aromatic heterocycles. The fourth-order valence-electron chi connectivity index (χ4n) is 2.27. The molecule has 1 saturated carbocycles. The van der Waals surface area contributed by atoms with Gasteiger partial charge >= 0.3 is 0 Å². The van der Waals surface area contributed by atoms with Crippen LogP contribution in [0.15, 0.2) is 23.1 Å². The number of nitrogens with one attached hydrogen (secondary N) is 1. The van der Waals surface area contributed by atoms with Gasteiger partial charge in [0.25, 0.3) is 0 Å². The van der Waals surface area contributed by atoms with Crippen LogP contribution in [0.2, 0.25) is 0 Å². The molecule has 0 amide bonds. The second-order valence-electron chi connectivity index (χ2n) is 5.93. The van der Waals surface area contributed by atoms with Gasteiger partial charge in [-0.2, -0.15) is 0 Å². The van der Waals surface area contributed by atoms with E-state index in [4.69, 9.17) is 10.5 Å². The van der Waals surface area contributed by atoms with E-state index in [1.807, 2.05) is 0 Å². The van der Waals surface area contributed by atoms with Crippen LogP contribution in [0.25, 0.3) is 0 Å². The van der Waals surface area contributed by atoms with Crippen molar-refractivity contribution < 1.29 is 13.2 Å². The maximum Gasteiger partial charge on any atom is 0.244 e. The summed E-state index contributed by atoms with van der Waals surface area (Å²) in [5.41, 5.74) is 6.57. The summed E-state index contributed by atoms with van der Waals surface area (Å²) >= 11 is 0. The van der Waals surface area contributed by atoms with Crippen molar-refractivity contribution in [3.05, 3.63) is 23.8 Å². The fraction of sp³-hybridized carbons (Fsp3) is 0.571. The van der Waals surface area contributed by atoms with Gasteiger partial charge in [-0.15, -0.1) is 0 Å². The fourth-order valence-corrected chi connectivity index (χ4v) is 3.57. The lowest BCUT2D eigenvalue weighted by Gasteiger charge is -2.12. The second kappa shape index (κ2) is 5.35. The van der Waals surface area contributed by atoms with Crippen LogP contribution in [-0.4, -0.2) is 22.1 Å². The Morgan fingerprint density at radius 2 is 2.10 bits per heavy atom. The van der Waals surface area contributed by atoms with E-state index in [1.54, 1.807) is 18.2 Å². The minimum absolute atomic E-state index is 0.154. The molecule has 2 rings (SSSR count). The Morgan fingerprint density at radius 1 is 1.45 bits per heavy atom. The molecule has 1 fully saturated rings. The van der Waals surface area contributed by atoms with Crippen LogP contribution < -0.4 is 15.2 Å². The molecule has 0 bridgehead atoms. The van der Waals surface area contributed by atoms with Gasteiger partial charge in [0.1, 0.15) is 10.6 Å². The highest BCUT2D eigenvalue weighted by Crippen LogP contribution is 2.51. The molecule has 1 atom stereocenters. The quantitative estimate of drug-likeness (QED) is 0.833. The first-order chi connectivity index (χ1) is 9.30. The Labute approximate surface area is 120 Å². The van der Waals surface area contributed by atoms with Gasteiger partial charge < -0.3 is 10.5 Å². The number of hydrogen-bond donors (Lipinski definition) is 2. The first-order valence-electron chi connectivity index (χ1n) is 6.67. The average molecular weight is 298 g/mol. The Kier molecular flexibility index (Phi) is 4.09. The molecule has 3 N–H and O–H groups in total. The monoisotopic (exact) mass is 298 g/mol. The van der Waals surface area contributed by atoms with E-state index in [-0.39, 0.29) is 10.3 Å². The number of sulfonamides is 1. The molecule has 0 spiro atoms. The molecule has 1 aromatic carbocycles. The largest absolute Gasteiger partial charge is 0.495 e. The zero-order valence-corrected chi connectivity index (χ0v) is 13.0. The van der Waals surface area contributed by atoms with Crippen LogP contribution in [0, 0.1) is 11.3 Å². The van der Waals surface area contributed by atoms with E-state index in [9.17, 15) is 8.42 Å². The maximum atomic E-state index is 12.4. The minimum atomic E-state index is -3.57.